The summed E-state index contributed by atoms with van der Waals surface area (Å²) in [4.78, 5) is 24.1. The number of benzene rings is 1. The standard InChI is InChI=1S/C17H20Cl2N4O2/c1-22-11-20-23(16(22)25)8-5-15(24)21-17(6-2-7-17)10-12-3-4-13(18)9-14(12)19/h3-4,9,11H,2,5-8,10H2,1H3,(H,21,24). The molecule has 2 aromatic rings. The van der Waals surface area contributed by atoms with Crippen molar-refractivity contribution in [3.8, 4) is 0 Å². The quantitative estimate of drug-likeness (QED) is 0.834. The zero-order chi connectivity index (χ0) is 18.0. The van der Waals surface area contributed by atoms with E-state index in [1.54, 1.807) is 13.1 Å². The maximum absolute atomic E-state index is 12.4. The SMILES string of the molecule is Cn1cnn(CCC(=O)NC2(Cc3ccc(Cl)cc3Cl)CCC2)c1=O. The second-order valence-electron chi connectivity index (χ2n) is 6.59. The van der Waals surface area contributed by atoms with Crippen LogP contribution in [0.3, 0.4) is 0 Å². The van der Waals surface area contributed by atoms with Crippen molar-refractivity contribution >= 4 is 29.1 Å². The van der Waals surface area contributed by atoms with Crippen molar-refractivity contribution in [3.63, 3.8) is 0 Å². The number of aromatic nitrogens is 3. The highest BCUT2D eigenvalue weighted by molar-refractivity contribution is 6.35. The summed E-state index contributed by atoms with van der Waals surface area (Å²) in [6.07, 6.45) is 5.25. The van der Waals surface area contributed by atoms with Crippen LogP contribution < -0.4 is 11.0 Å². The van der Waals surface area contributed by atoms with E-state index in [1.807, 2.05) is 12.1 Å². The fourth-order valence-electron chi connectivity index (χ4n) is 3.12. The minimum Gasteiger partial charge on any atom is -0.350 e. The average Bonchev–Trinajstić information content (AvgIpc) is 2.85. The number of nitrogens with zero attached hydrogens (tertiary/aromatic N) is 3. The van der Waals surface area contributed by atoms with E-state index in [0.29, 0.717) is 16.5 Å². The van der Waals surface area contributed by atoms with Crippen LogP contribution in [0, 0.1) is 0 Å². The summed E-state index contributed by atoms with van der Waals surface area (Å²) in [5, 5.41) is 8.32. The molecule has 8 heteroatoms. The van der Waals surface area contributed by atoms with Gasteiger partial charge in [-0.2, -0.15) is 5.10 Å². The minimum absolute atomic E-state index is 0.0812. The minimum atomic E-state index is -0.260. The van der Waals surface area contributed by atoms with Crippen molar-refractivity contribution in [1.82, 2.24) is 19.7 Å². The van der Waals surface area contributed by atoms with E-state index in [2.05, 4.69) is 10.4 Å². The lowest BCUT2D eigenvalue weighted by Crippen LogP contribution is -2.55. The second-order valence-corrected chi connectivity index (χ2v) is 7.44. The van der Waals surface area contributed by atoms with Gasteiger partial charge in [0, 0.05) is 29.1 Å². The Bertz CT molecular complexity index is 839. The molecule has 134 valence electrons. The molecule has 0 saturated heterocycles. The molecule has 0 unspecified atom stereocenters. The van der Waals surface area contributed by atoms with Crippen LogP contribution in [0.2, 0.25) is 10.0 Å². The molecule has 1 saturated carbocycles. The Balaban J connectivity index is 1.62. The lowest BCUT2D eigenvalue weighted by Gasteiger charge is -2.43. The van der Waals surface area contributed by atoms with Crippen LogP contribution in [-0.4, -0.2) is 25.8 Å². The van der Waals surface area contributed by atoms with Crippen LogP contribution in [0.5, 0.6) is 0 Å². The highest BCUT2D eigenvalue weighted by Gasteiger charge is 2.38. The first-order chi connectivity index (χ1) is 11.9. The smallest absolute Gasteiger partial charge is 0.345 e. The van der Waals surface area contributed by atoms with Gasteiger partial charge in [0.25, 0.3) is 0 Å². The second kappa shape index (κ2) is 7.22. The van der Waals surface area contributed by atoms with Crippen molar-refractivity contribution in [2.75, 3.05) is 0 Å². The number of nitrogens with one attached hydrogen (secondary N) is 1. The zero-order valence-corrected chi connectivity index (χ0v) is 15.5. The van der Waals surface area contributed by atoms with Gasteiger partial charge in [-0.25, -0.2) is 9.48 Å². The first-order valence-corrected chi connectivity index (χ1v) is 8.97. The molecule has 3 rings (SSSR count). The first-order valence-electron chi connectivity index (χ1n) is 8.22. The van der Waals surface area contributed by atoms with Gasteiger partial charge in [-0.3, -0.25) is 9.36 Å². The summed E-state index contributed by atoms with van der Waals surface area (Å²) in [5.74, 6) is -0.0812. The van der Waals surface area contributed by atoms with E-state index in [1.165, 1.54) is 15.6 Å². The number of halogens is 2. The van der Waals surface area contributed by atoms with E-state index in [9.17, 15) is 9.59 Å². The molecular weight excluding hydrogens is 363 g/mol. The van der Waals surface area contributed by atoms with Crippen LogP contribution in [0.4, 0.5) is 0 Å². The van der Waals surface area contributed by atoms with Gasteiger partial charge in [-0.05, 0) is 43.4 Å². The van der Waals surface area contributed by atoms with Gasteiger partial charge in [0.05, 0.1) is 6.54 Å². The number of amides is 1. The summed E-state index contributed by atoms with van der Waals surface area (Å²) in [6.45, 7) is 0.267. The highest BCUT2D eigenvalue weighted by Crippen LogP contribution is 2.37. The number of hydrogen-bond acceptors (Lipinski definition) is 3. The van der Waals surface area contributed by atoms with Crippen LogP contribution in [0.15, 0.2) is 29.3 Å². The molecule has 1 N–H and O–H groups in total. The van der Waals surface area contributed by atoms with Crippen LogP contribution in [0.1, 0.15) is 31.2 Å². The molecule has 1 amide bonds. The molecule has 0 aliphatic heterocycles. The van der Waals surface area contributed by atoms with Crippen molar-refractivity contribution in [2.45, 2.75) is 44.2 Å². The predicted molar refractivity (Wildman–Crippen MR) is 97.0 cm³/mol. The maximum Gasteiger partial charge on any atom is 0.345 e. The highest BCUT2D eigenvalue weighted by atomic mass is 35.5. The molecule has 1 aromatic heterocycles. The lowest BCUT2D eigenvalue weighted by molar-refractivity contribution is -0.124. The Morgan fingerprint density at radius 3 is 2.68 bits per heavy atom. The molecule has 1 aromatic carbocycles. The molecule has 6 nitrogen and oxygen atoms in total. The number of rotatable bonds is 6. The summed E-state index contributed by atoms with van der Waals surface area (Å²) in [5.41, 5.74) is 0.495. The number of carbonyl (C=O) groups is 1. The molecule has 1 fully saturated rings. The third-order valence-electron chi connectivity index (χ3n) is 4.70. The van der Waals surface area contributed by atoms with Gasteiger partial charge in [0.2, 0.25) is 5.91 Å². The van der Waals surface area contributed by atoms with E-state index < -0.39 is 0 Å². The van der Waals surface area contributed by atoms with Gasteiger partial charge in [-0.1, -0.05) is 29.3 Å². The Hall–Kier alpha value is -1.79. The largest absolute Gasteiger partial charge is 0.350 e. The van der Waals surface area contributed by atoms with Crippen LogP contribution >= 0.6 is 23.2 Å². The van der Waals surface area contributed by atoms with Crippen LogP contribution in [-0.2, 0) is 24.8 Å². The average molecular weight is 383 g/mol. The van der Waals surface area contributed by atoms with E-state index >= 15 is 0 Å². The molecule has 0 radical (unpaired) electrons. The number of hydrogen-bond donors (Lipinski definition) is 1. The van der Waals surface area contributed by atoms with Gasteiger partial charge < -0.3 is 5.32 Å². The Kier molecular flexibility index (Phi) is 5.20. The van der Waals surface area contributed by atoms with Crippen molar-refractivity contribution in [1.29, 1.82) is 0 Å². The van der Waals surface area contributed by atoms with E-state index in [0.717, 1.165) is 24.8 Å². The summed E-state index contributed by atoms with van der Waals surface area (Å²) in [7, 11) is 1.63. The third kappa shape index (κ3) is 4.07. The van der Waals surface area contributed by atoms with Gasteiger partial charge in [0.15, 0.2) is 0 Å². The topological polar surface area (TPSA) is 68.9 Å². The van der Waals surface area contributed by atoms with Gasteiger partial charge >= 0.3 is 5.69 Å². The lowest BCUT2D eigenvalue weighted by atomic mass is 9.72. The first kappa shape index (κ1) is 18.0. The third-order valence-corrected chi connectivity index (χ3v) is 5.28. The maximum atomic E-state index is 12.4. The molecule has 1 heterocycles. The van der Waals surface area contributed by atoms with Crippen LogP contribution in [0.25, 0.3) is 0 Å². The predicted octanol–water partition coefficient (Wildman–Crippen LogP) is 2.56. The Labute approximate surface area is 155 Å². The van der Waals surface area contributed by atoms with Gasteiger partial charge in [-0.15, -0.1) is 0 Å². The fraction of sp³-hybridized carbons (Fsp3) is 0.471. The fourth-order valence-corrected chi connectivity index (χ4v) is 3.59. The molecule has 1 aliphatic rings. The summed E-state index contributed by atoms with van der Waals surface area (Å²) < 4.78 is 2.68. The summed E-state index contributed by atoms with van der Waals surface area (Å²) >= 11 is 12.2. The van der Waals surface area contributed by atoms with E-state index in [4.69, 9.17) is 23.2 Å². The Morgan fingerprint density at radius 1 is 1.36 bits per heavy atom. The normalized spacial score (nSPS) is 15.6. The number of aryl methyl sites for hydroxylation is 2. The van der Waals surface area contributed by atoms with E-state index in [-0.39, 0.29) is 30.1 Å². The molecule has 25 heavy (non-hydrogen) atoms. The summed E-state index contributed by atoms with van der Waals surface area (Å²) in [6, 6.07) is 5.44. The van der Waals surface area contributed by atoms with Crippen molar-refractivity contribution in [3.05, 3.63) is 50.6 Å². The molecule has 0 bridgehead atoms. The van der Waals surface area contributed by atoms with Gasteiger partial charge in [0.1, 0.15) is 6.33 Å². The molecule has 0 spiro atoms. The Morgan fingerprint density at radius 2 is 2.12 bits per heavy atom. The molecule has 1 aliphatic carbocycles. The molecule has 0 atom stereocenters. The monoisotopic (exact) mass is 382 g/mol. The van der Waals surface area contributed by atoms with Crippen molar-refractivity contribution < 1.29 is 4.79 Å². The van der Waals surface area contributed by atoms with Crippen molar-refractivity contribution in [2.24, 2.45) is 7.05 Å². The molecular formula is C17H20Cl2N4O2. The number of carbonyl (C=O) groups excluding carboxylic acids is 1. The zero-order valence-electron chi connectivity index (χ0n) is 14.0.